The fraction of sp³-hybridized carbons (Fsp3) is 0.450. The zero-order valence-corrected chi connectivity index (χ0v) is 14.8. The summed E-state index contributed by atoms with van der Waals surface area (Å²) in [5.74, 6) is 0.465. The highest BCUT2D eigenvalue weighted by atomic mass is 16.1. The average Bonchev–Trinajstić information content (AvgIpc) is 2.87. The van der Waals surface area contributed by atoms with E-state index in [2.05, 4.69) is 50.5 Å². The monoisotopic (exact) mass is 338 g/mol. The van der Waals surface area contributed by atoms with Gasteiger partial charge in [0.2, 0.25) is 0 Å². The molecule has 1 atom stereocenters. The van der Waals surface area contributed by atoms with Crippen molar-refractivity contribution in [3.05, 3.63) is 59.7 Å². The van der Waals surface area contributed by atoms with Gasteiger partial charge in [-0.1, -0.05) is 30.3 Å². The quantitative estimate of drug-likeness (QED) is 0.911. The summed E-state index contributed by atoms with van der Waals surface area (Å²) in [4.78, 5) is 22.7. The van der Waals surface area contributed by atoms with Gasteiger partial charge in [0.1, 0.15) is 12.0 Å². The fourth-order valence-corrected chi connectivity index (χ4v) is 3.49. The molecule has 1 aliphatic heterocycles. The molecule has 5 heteroatoms. The van der Waals surface area contributed by atoms with Crippen molar-refractivity contribution < 1.29 is 4.79 Å². The van der Waals surface area contributed by atoms with Crippen LogP contribution in [0.1, 0.15) is 41.0 Å². The molecule has 0 bridgehead atoms. The van der Waals surface area contributed by atoms with Gasteiger partial charge in [-0.15, -0.1) is 0 Å². The minimum absolute atomic E-state index is 0.154. The van der Waals surface area contributed by atoms with E-state index in [0.717, 1.165) is 31.7 Å². The maximum absolute atomic E-state index is 11.7. The average molecular weight is 338 g/mol. The van der Waals surface area contributed by atoms with E-state index in [1.165, 1.54) is 31.2 Å². The molecule has 0 saturated carbocycles. The molecule has 1 amide bonds. The van der Waals surface area contributed by atoms with Crippen LogP contribution < -0.4 is 5.32 Å². The van der Waals surface area contributed by atoms with Gasteiger partial charge in [0.05, 0.1) is 0 Å². The standard InChI is InChI=1S/C20H26N4O/c1-21-20(25)19-13-18(22-15-23-19)12-16-8-5-10-24(11-9-16)14-17-6-3-2-4-7-17/h2-4,6-7,13,15-16H,5,8-12,14H2,1H3,(H,21,25)/t16-/m1/s1. The van der Waals surface area contributed by atoms with Crippen molar-refractivity contribution in [2.24, 2.45) is 5.92 Å². The number of nitrogens with zero attached hydrogens (tertiary/aromatic N) is 3. The van der Waals surface area contributed by atoms with Crippen molar-refractivity contribution in [2.45, 2.75) is 32.2 Å². The molecule has 5 nitrogen and oxygen atoms in total. The second-order valence-electron chi connectivity index (χ2n) is 6.74. The smallest absolute Gasteiger partial charge is 0.269 e. The Hall–Kier alpha value is -2.27. The summed E-state index contributed by atoms with van der Waals surface area (Å²) in [6.07, 6.45) is 6.02. The summed E-state index contributed by atoms with van der Waals surface area (Å²) in [6, 6.07) is 12.5. The highest BCUT2D eigenvalue weighted by Crippen LogP contribution is 2.22. The highest BCUT2D eigenvalue weighted by Gasteiger charge is 2.18. The summed E-state index contributed by atoms with van der Waals surface area (Å²) in [5, 5.41) is 2.62. The molecule has 1 aromatic carbocycles. The molecule has 2 heterocycles. The Morgan fingerprint density at radius 1 is 1.20 bits per heavy atom. The normalized spacial score (nSPS) is 18.5. The molecule has 1 aliphatic rings. The third-order valence-corrected chi connectivity index (χ3v) is 4.87. The summed E-state index contributed by atoms with van der Waals surface area (Å²) >= 11 is 0. The number of hydrogen-bond acceptors (Lipinski definition) is 4. The number of benzene rings is 1. The van der Waals surface area contributed by atoms with Gasteiger partial charge in [-0.25, -0.2) is 9.97 Å². The van der Waals surface area contributed by atoms with Crippen LogP contribution >= 0.6 is 0 Å². The second-order valence-corrected chi connectivity index (χ2v) is 6.74. The fourth-order valence-electron chi connectivity index (χ4n) is 3.49. The van der Waals surface area contributed by atoms with Gasteiger partial charge in [0, 0.05) is 19.3 Å². The Bertz CT molecular complexity index is 689. The van der Waals surface area contributed by atoms with Crippen LogP contribution in [0.4, 0.5) is 0 Å². The number of rotatable bonds is 5. The van der Waals surface area contributed by atoms with E-state index in [1.54, 1.807) is 7.05 Å². The third kappa shape index (κ3) is 5.10. The van der Waals surface area contributed by atoms with E-state index < -0.39 is 0 Å². The largest absolute Gasteiger partial charge is 0.354 e. The van der Waals surface area contributed by atoms with E-state index >= 15 is 0 Å². The predicted octanol–water partition coefficient (Wildman–Crippen LogP) is 2.68. The predicted molar refractivity (Wildman–Crippen MR) is 98.2 cm³/mol. The summed E-state index contributed by atoms with van der Waals surface area (Å²) < 4.78 is 0. The molecule has 132 valence electrons. The summed E-state index contributed by atoms with van der Waals surface area (Å²) in [6.45, 7) is 3.30. The van der Waals surface area contributed by atoms with Crippen molar-refractivity contribution in [1.29, 1.82) is 0 Å². The maximum atomic E-state index is 11.7. The lowest BCUT2D eigenvalue weighted by atomic mass is 9.95. The van der Waals surface area contributed by atoms with Gasteiger partial charge in [-0.2, -0.15) is 0 Å². The molecule has 1 aromatic heterocycles. The third-order valence-electron chi connectivity index (χ3n) is 4.87. The lowest BCUT2D eigenvalue weighted by Gasteiger charge is -2.20. The van der Waals surface area contributed by atoms with Crippen molar-refractivity contribution in [1.82, 2.24) is 20.2 Å². The van der Waals surface area contributed by atoms with Gasteiger partial charge in [0.25, 0.3) is 5.91 Å². The van der Waals surface area contributed by atoms with E-state index in [1.807, 2.05) is 6.07 Å². The number of carbonyl (C=O) groups excluding carboxylic acids is 1. The molecule has 1 fully saturated rings. The van der Waals surface area contributed by atoms with Crippen LogP contribution in [0.15, 0.2) is 42.7 Å². The number of carbonyl (C=O) groups is 1. The Morgan fingerprint density at radius 2 is 2.04 bits per heavy atom. The van der Waals surface area contributed by atoms with E-state index in [-0.39, 0.29) is 5.91 Å². The zero-order valence-electron chi connectivity index (χ0n) is 14.8. The van der Waals surface area contributed by atoms with Gasteiger partial charge >= 0.3 is 0 Å². The Labute approximate surface area is 149 Å². The molecule has 0 aliphatic carbocycles. The topological polar surface area (TPSA) is 58.1 Å². The molecular weight excluding hydrogens is 312 g/mol. The summed E-state index contributed by atoms with van der Waals surface area (Å²) in [7, 11) is 1.62. The van der Waals surface area contributed by atoms with Crippen LogP contribution in [0.2, 0.25) is 0 Å². The van der Waals surface area contributed by atoms with Gasteiger partial charge < -0.3 is 5.32 Å². The van der Waals surface area contributed by atoms with Crippen LogP contribution in [-0.4, -0.2) is 40.9 Å². The van der Waals surface area contributed by atoms with E-state index in [9.17, 15) is 4.79 Å². The summed E-state index contributed by atoms with van der Waals surface area (Å²) in [5.41, 5.74) is 2.80. The van der Waals surface area contributed by atoms with E-state index in [4.69, 9.17) is 0 Å². The molecule has 1 N–H and O–H groups in total. The number of likely N-dealkylation sites (tertiary alicyclic amines) is 1. The molecule has 25 heavy (non-hydrogen) atoms. The minimum atomic E-state index is -0.154. The number of nitrogens with one attached hydrogen (secondary N) is 1. The Kier molecular flexibility index (Phi) is 6.12. The molecule has 0 radical (unpaired) electrons. The first-order valence-electron chi connectivity index (χ1n) is 9.04. The molecule has 0 spiro atoms. The first-order chi connectivity index (χ1) is 12.2. The van der Waals surface area contributed by atoms with Crippen LogP contribution in [0.25, 0.3) is 0 Å². The van der Waals surface area contributed by atoms with Crippen LogP contribution in [-0.2, 0) is 13.0 Å². The molecule has 2 aromatic rings. The molecular formula is C20H26N4O. The molecule has 3 rings (SSSR count). The highest BCUT2D eigenvalue weighted by molar-refractivity contribution is 5.91. The first-order valence-corrected chi connectivity index (χ1v) is 9.04. The lowest BCUT2D eigenvalue weighted by molar-refractivity contribution is 0.0958. The maximum Gasteiger partial charge on any atom is 0.269 e. The lowest BCUT2D eigenvalue weighted by Crippen LogP contribution is -2.24. The second kappa shape index (κ2) is 8.72. The van der Waals surface area contributed by atoms with Crippen molar-refractivity contribution in [3.8, 4) is 0 Å². The number of amides is 1. The number of aromatic nitrogens is 2. The first kappa shape index (κ1) is 17.5. The van der Waals surface area contributed by atoms with Crippen LogP contribution in [0.5, 0.6) is 0 Å². The van der Waals surface area contributed by atoms with Gasteiger partial charge in [-0.3, -0.25) is 9.69 Å². The van der Waals surface area contributed by atoms with Crippen molar-refractivity contribution >= 4 is 5.91 Å². The van der Waals surface area contributed by atoms with Crippen molar-refractivity contribution in [3.63, 3.8) is 0 Å². The van der Waals surface area contributed by atoms with Crippen LogP contribution in [0.3, 0.4) is 0 Å². The molecule has 1 saturated heterocycles. The number of hydrogen-bond donors (Lipinski definition) is 1. The SMILES string of the molecule is CNC(=O)c1cc(C[C@@H]2CCCN(Cc3ccccc3)CC2)ncn1. The zero-order chi connectivity index (χ0) is 17.5. The molecule has 0 unspecified atom stereocenters. The Balaban J connectivity index is 1.55. The van der Waals surface area contributed by atoms with E-state index in [0.29, 0.717) is 11.6 Å². The van der Waals surface area contributed by atoms with Gasteiger partial charge in [0.15, 0.2) is 0 Å². The minimum Gasteiger partial charge on any atom is -0.354 e. The Morgan fingerprint density at radius 3 is 2.84 bits per heavy atom. The van der Waals surface area contributed by atoms with Gasteiger partial charge in [-0.05, 0) is 56.3 Å². The van der Waals surface area contributed by atoms with Crippen LogP contribution in [0, 0.1) is 5.92 Å². The van der Waals surface area contributed by atoms with Crippen molar-refractivity contribution in [2.75, 3.05) is 20.1 Å².